The van der Waals surface area contributed by atoms with E-state index in [2.05, 4.69) is 0 Å². The largest absolute Gasteiger partial charge is 0.456 e. The summed E-state index contributed by atoms with van der Waals surface area (Å²) in [4.78, 5) is 24.4. The molecule has 6 heteroatoms. The maximum Gasteiger partial charge on any atom is 0.338 e. The van der Waals surface area contributed by atoms with Crippen molar-refractivity contribution in [3.8, 4) is 0 Å². The lowest BCUT2D eigenvalue weighted by Crippen LogP contribution is -2.49. The summed E-state index contributed by atoms with van der Waals surface area (Å²) >= 11 is 0. The van der Waals surface area contributed by atoms with E-state index >= 15 is 0 Å². The van der Waals surface area contributed by atoms with Crippen molar-refractivity contribution in [3.63, 3.8) is 0 Å². The molecule has 0 aromatic heterocycles. The van der Waals surface area contributed by atoms with Gasteiger partial charge in [-0.25, -0.2) is 9.59 Å². The summed E-state index contributed by atoms with van der Waals surface area (Å²) in [6.07, 6.45) is -3.21. The van der Waals surface area contributed by atoms with E-state index in [-0.39, 0.29) is 6.42 Å². The van der Waals surface area contributed by atoms with E-state index in [1.807, 2.05) is 0 Å². The third-order valence-electron chi connectivity index (χ3n) is 4.20. The van der Waals surface area contributed by atoms with Crippen LogP contribution in [-0.2, 0) is 14.2 Å². The minimum absolute atomic E-state index is 0.152. The quantitative estimate of drug-likeness (QED) is 0.848. The summed E-state index contributed by atoms with van der Waals surface area (Å²) in [5, 5.41) is 10.1. The Labute approximate surface area is 151 Å². The molecule has 136 valence electrons. The van der Waals surface area contributed by atoms with E-state index < -0.39 is 36.5 Å². The van der Waals surface area contributed by atoms with Crippen LogP contribution in [0.25, 0.3) is 0 Å². The van der Waals surface area contributed by atoms with Crippen molar-refractivity contribution in [1.82, 2.24) is 0 Å². The minimum atomic E-state index is -1.27. The highest BCUT2D eigenvalue weighted by atomic mass is 16.7. The van der Waals surface area contributed by atoms with Crippen LogP contribution in [0.5, 0.6) is 0 Å². The SMILES string of the molecule is C[C@@H]1O[C@H](O)[C@@H](OC(=O)c2ccccc2)C[C@@H]1OC(=O)c1ccccc1. The van der Waals surface area contributed by atoms with Crippen molar-refractivity contribution < 1.29 is 28.9 Å². The molecule has 1 aliphatic heterocycles. The van der Waals surface area contributed by atoms with Crippen molar-refractivity contribution in [2.24, 2.45) is 0 Å². The molecule has 1 fully saturated rings. The Balaban J connectivity index is 1.65. The maximum absolute atomic E-state index is 12.2. The lowest BCUT2D eigenvalue weighted by Gasteiger charge is -2.36. The number of carbonyl (C=O) groups is 2. The Hall–Kier alpha value is -2.70. The van der Waals surface area contributed by atoms with E-state index in [9.17, 15) is 14.7 Å². The highest BCUT2D eigenvalue weighted by Crippen LogP contribution is 2.25. The number of hydrogen-bond acceptors (Lipinski definition) is 6. The fraction of sp³-hybridized carbons (Fsp3) is 0.300. The molecule has 6 nitrogen and oxygen atoms in total. The Kier molecular flexibility index (Phi) is 5.65. The highest BCUT2D eigenvalue weighted by Gasteiger charge is 2.39. The number of aliphatic hydroxyl groups excluding tert-OH is 1. The van der Waals surface area contributed by atoms with Crippen LogP contribution in [0.15, 0.2) is 60.7 Å². The first-order valence-corrected chi connectivity index (χ1v) is 8.40. The summed E-state index contributed by atoms with van der Waals surface area (Å²) in [6, 6.07) is 17.1. The molecule has 0 aliphatic carbocycles. The average molecular weight is 356 g/mol. The number of rotatable bonds is 4. The van der Waals surface area contributed by atoms with Crippen LogP contribution >= 0.6 is 0 Å². The number of benzene rings is 2. The van der Waals surface area contributed by atoms with Gasteiger partial charge in [0.25, 0.3) is 0 Å². The Morgan fingerprint density at radius 3 is 1.85 bits per heavy atom. The van der Waals surface area contributed by atoms with Gasteiger partial charge in [-0.3, -0.25) is 0 Å². The standard InChI is InChI=1S/C20H20O6/c1-13-16(25-18(21)14-8-4-2-5-9-14)12-17(20(23)24-13)26-19(22)15-10-6-3-7-11-15/h2-11,13,16-17,20,23H,12H2,1H3/t13-,16-,17-,20-/m0/s1. The molecule has 0 spiro atoms. The summed E-state index contributed by atoms with van der Waals surface area (Å²) in [5.74, 6) is -1.06. The molecule has 0 radical (unpaired) electrons. The number of aliphatic hydroxyl groups is 1. The van der Waals surface area contributed by atoms with Crippen LogP contribution in [0, 0.1) is 0 Å². The Morgan fingerprint density at radius 2 is 1.35 bits per heavy atom. The second-order valence-corrected chi connectivity index (χ2v) is 6.09. The van der Waals surface area contributed by atoms with Gasteiger partial charge in [-0.15, -0.1) is 0 Å². The topological polar surface area (TPSA) is 82.1 Å². The molecular weight excluding hydrogens is 336 g/mol. The molecule has 0 amide bonds. The van der Waals surface area contributed by atoms with E-state index in [0.717, 1.165) is 0 Å². The predicted octanol–water partition coefficient (Wildman–Crippen LogP) is 2.56. The second-order valence-electron chi connectivity index (χ2n) is 6.09. The number of esters is 2. The smallest absolute Gasteiger partial charge is 0.338 e. The number of ether oxygens (including phenoxy) is 3. The van der Waals surface area contributed by atoms with Crippen LogP contribution in [0.2, 0.25) is 0 Å². The van der Waals surface area contributed by atoms with E-state index in [4.69, 9.17) is 14.2 Å². The zero-order valence-corrected chi connectivity index (χ0v) is 14.3. The van der Waals surface area contributed by atoms with Crippen molar-refractivity contribution in [2.45, 2.75) is 37.9 Å². The minimum Gasteiger partial charge on any atom is -0.456 e. The molecule has 2 aromatic carbocycles. The van der Waals surface area contributed by atoms with Gasteiger partial charge in [-0.2, -0.15) is 0 Å². The Morgan fingerprint density at radius 1 is 0.885 bits per heavy atom. The fourth-order valence-corrected chi connectivity index (χ4v) is 2.74. The summed E-state index contributed by atoms with van der Waals surface area (Å²) in [6.45, 7) is 1.70. The van der Waals surface area contributed by atoms with E-state index in [1.165, 1.54) is 0 Å². The molecule has 4 atom stereocenters. The summed E-state index contributed by atoms with van der Waals surface area (Å²) in [5.41, 5.74) is 0.791. The van der Waals surface area contributed by atoms with Crippen molar-refractivity contribution in [3.05, 3.63) is 71.8 Å². The van der Waals surface area contributed by atoms with Gasteiger partial charge in [0.1, 0.15) is 6.10 Å². The molecule has 1 aliphatic rings. The van der Waals surface area contributed by atoms with Gasteiger partial charge < -0.3 is 19.3 Å². The van der Waals surface area contributed by atoms with Crippen molar-refractivity contribution in [2.75, 3.05) is 0 Å². The third kappa shape index (κ3) is 4.28. The van der Waals surface area contributed by atoms with Crippen molar-refractivity contribution in [1.29, 1.82) is 0 Å². The molecule has 2 aromatic rings. The molecular formula is C20H20O6. The van der Waals surface area contributed by atoms with Crippen molar-refractivity contribution >= 4 is 11.9 Å². The van der Waals surface area contributed by atoms with Crippen LogP contribution in [0.4, 0.5) is 0 Å². The molecule has 0 saturated carbocycles. The highest BCUT2D eigenvalue weighted by molar-refractivity contribution is 5.90. The molecule has 1 heterocycles. The lowest BCUT2D eigenvalue weighted by molar-refractivity contribution is -0.240. The van der Waals surface area contributed by atoms with Gasteiger partial charge in [0.2, 0.25) is 0 Å². The number of carbonyl (C=O) groups excluding carboxylic acids is 2. The molecule has 3 rings (SSSR count). The van der Waals surface area contributed by atoms with Crippen LogP contribution < -0.4 is 0 Å². The fourth-order valence-electron chi connectivity index (χ4n) is 2.74. The first kappa shape index (κ1) is 18.1. The zero-order valence-electron chi connectivity index (χ0n) is 14.3. The molecule has 0 unspecified atom stereocenters. The molecule has 0 bridgehead atoms. The normalized spacial score (nSPS) is 25.3. The molecule has 26 heavy (non-hydrogen) atoms. The van der Waals surface area contributed by atoms with Crippen LogP contribution in [-0.4, -0.2) is 41.6 Å². The zero-order chi connectivity index (χ0) is 18.5. The Bertz CT molecular complexity index is 682. The van der Waals surface area contributed by atoms with E-state index in [0.29, 0.717) is 11.1 Å². The van der Waals surface area contributed by atoms with Gasteiger partial charge in [0.05, 0.1) is 17.2 Å². The molecule has 1 saturated heterocycles. The third-order valence-corrected chi connectivity index (χ3v) is 4.20. The predicted molar refractivity (Wildman–Crippen MR) is 92.5 cm³/mol. The van der Waals surface area contributed by atoms with Gasteiger partial charge >= 0.3 is 11.9 Å². The van der Waals surface area contributed by atoms with Crippen LogP contribution in [0.3, 0.4) is 0 Å². The monoisotopic (exact) mass is 356 g/mol. The molecule has 1 N–H and O–H groups in total. The second kappa shape index (κ2) is 8.12. The first-order chi connectivity index (χ1) is 12.5. The average Bonchev–Trinajstić information content (AvgIpc) is 2.66. The number of hydrogen-bond donors (Lipinski definition) is 1. The van der Waals surface area contributed by atoms with Gasteiger partial charge in [0, 0.05) is 6.42 Å². The first-order valence-electron chi connectivity index (χ1n) is 8.40. The lowest BCUT2D eigenvalue weighted by atomic mass is 10.0. The van der Waals surface area contributed by atoms with Gasteiger partial charge in [0.15, 0.2) is 12.4 Å². The summed E-state index contributed by atoms with van der Waals surface area (Å²) in [7, 11) is 0. The maximum atomic E-state index is 12.2. The van der Waals surface area contributed by atoms with E-state index in [1.54, 1.807) is 67.6 Å². The van der Waals surface area contributed by atoms with Crippen LogP contribution in [0.1, 0.15) is 34.1 Å². The van der Waals surface area contributed by atoms with Gasteiger partial charge in [-0.1, -0.05) is 36.4 Å². The van der Waals surface area contributed by atoms with Gasteiger partial charge in [-0.05, 0) is 31.2 Å². The summed E-state index contributed by atoms with van der Waals surface area (Å²) < 4.78 is 16.2.